The van der Waals surface area contributed by atoms with E-state index in [1.807, 2.05) is 0 Å². The second-order valence-electron chi connectivity index (χ2n) is 5.82. The van der Waals surface area contributed by atoms with Crippen molar-refractivity contribution in [3.63, 3.8) is 0 Å². The van der Waals surface area contributed by atoms with Crippen LogP contribution in [0.15, 0.2) is 0 Å². The van der Waals surface area contributed by atoms with Crippen LogP contribution in [0, 0.1) is 0 Å². The van der Waals surface area contributed by atoms with Crippen LogP contribution in [0.5, 0.6) is 0 Å². The summed E-state index contributed by atoms with van der Waals surface area (Å²) in [6, 6.07) is 0. The Bertz CT molecular complexity index is 185. The first kappa shape index (κ1) is 16.1. The molecule has 0 radical (unpaired) electrons. The first-order chi connectivity index (χ1) is 6.54. The van der Waals surface area contributed by atoms with E-state index >= 15 is 0 Å². The summed E-state index contributed by atoms with van der Waals surface area (Å²) in [5, 5.41) is 3.45. The Morgan fingerprint density at radius 3 is 1.80 bits per heavy atom. The molecule has 5 heteroatoms. The Balaban J connectivity index is 4.11. The standard InChI is InChI=1S/C10H23N2.2ClH.Ga/c1-9(2,3)11-7-8-12-10(4,5)6;;;/h11H,7-8H2,1-6H3;2*1H;/q-1;;;+3/p-2. The second-order valence-corrected chi connectivity index (χ2v) is 13.7. The third-order valence-electron chi connectivity index (χ3n) is 2.11. The molecule has 0 aromatic heterocycles. The molecule has 0 heterocycles. The third-order valence-corrected chi connectivity index (χ3v) is 7.71. The van der Waals surface area contributed by atoms with Crippen LogP contribution in [-0.4, -0.2) is 42.2 Å². The summed E-state index contributed by atoms with van der Waals surface area (Å²) in [6.07, 6.45) is 0. The van der Waals surface area contributed by atoms with Crippen LogP contribution in [-0.2, 0) is 0 Å². The van der Waals surface area contributed by atoms with Gasteiger partial charge in [-0.3, -0.25) is 0 Å². The molecule has 0 saturated carbocycles. The molecule has 2 nitrogen and oxygen atoms in total. The van der Waals surface area contributed by atoms with Gasteiger partial charge < -0.3 is 0 Å². The minimum absolute atomic E-state index is 0.0771. The molecule has 90 valence electrons. The van der Waals surface area contributed by atoms with E-state index in [9.17, 15) is 0 Å². The van der Waals surface area contributed by atoms with Gasteiger partial charge in [-0.15, -0.1) is 0 Å². The average Bonchev–Trinajstić information content (AvgIpc) is 1.92. The van der Waals surface area contributed by atoms with Gasteiger partial charge in [0.15, 0.2) is 0 Å². The number of halogens is 2. The van der Waals surface area contributed by atoms with Gasteiger partial charge in [-0.2, -0.15) is 0 Å². The molecule has 0 aliphatic carbocycles. The fourth-order valence-corrected chi connectivity index (χ4v) is 7.24. The maximum absolute atomic E-state index is 6.13. The van der Waals surface area contributed by atoms with Gasteiger partial charge >= 0.3 is 108 Å². The predicted molar refractivity (Wildman–Crippen MR) is 71.7 cm³/mol. The molecule has 0 aliphatic heterocycles. The number of hydrogen-bond acceptors (Lipinski definition) is 2. The Morgan fingerprint density at radius 1 is 1.07 bits per heavy atom. The fourth-order valence-electron chi connectivity index (χ4n) is 1.28. The molecule has 0 rings (SSSR count). The number of hydrogen-bond donors (Lipinski definition) is 1. The van der Waals surface area contributed by atoms with Crippen molar-refractivity contribution >= 4 is 33.7 Å². The van der Waals surface area contributed by atoms with Crippen molar-refractivity contribution < 1.29 is 0 Å². The van der Waals surface area contributed by atoms with E-state index in [1.54, 1.807) is 0 Å². The summed E-state index contributed by atoms with van der Waals surface area (Å²) in [7, 11) is 12.3. The number of rotatable bonds is 4. The SMILES string of the molecule is CC(C)(C)NCC[N]([Ga]([Cl])[Cl])C(C)(C)C. The van der Waals surface area contributed by atoms with Gasteiger partial charge in [-0.25, -0.2) is 0 Å². The number of nitrogens with zero attached hydrogens (tertiary/aromatic N) is 1. The summed E-state index contributed by atoms with van der Waals surface area (Å²) in [6.45, 7) is 14.8. The van der Waals surface area contributed by atoms with Crippen LogP contribution in [0.25, 0.3) is 0 Å². The quantitative estimate of drug-likeness (QED) is 0.803. The molecule has 15 heavy (non-hydrogen) atoms. The van der Waals surface area contributed by atoms with Crippen molar-refractivity contribution in [3.05, 3.63) is 0 Å². The molecule has 0 atom stereocenters. The predicted octanol–water partition coefficient (Wildman–Crippen LogP) is 2.94. The molecule has 0 aromatic carbocycles. The van der Waals surface area contributed by atoms with E-state index in [1.165, 1.54) is 0 Å². The van der Waals surface area contributed by atoms with Crippen molar-refractivity contribution in [1.29, 1.82) is 0 Å². The Kier molecular flexibility index (Phi) is 6.64. The maximum atomic E-state index is 6.13. The summed E-state index contributed by atoms with van der Waals surface area (Å²) in [5.41, 5.74) is 0.235. The molecule has 0 aliphatic rings. The van der Waals surface area contributed by atoms with Crippen LogP contribution in [0.4, 0.5) is 0 Å². The van der Waals surface area contributed by atoms with Gasteiger partial charge in [0.05, 0.1) is 0 Å². The van der Waals surface area contributed by atoms with E-state index < -0.39 is 14.5 Å². The van der Waals surface area contributed by atoms with Gasteiger partial charge in [0, 0.05) is 0 Å². The van der Waals surface area contributed by atoms with E-state index in [0.717, 1.165) is 13.1 Å². The zero-order valence-electron chi connectivity index (χ0n) is 10.7. The average molecular weight is 312 g/mol. The topological polar surface area (TPSA) is 15.3 Å². The van der Waals surface area contributed by atoms with Crippen molar-refractivity contribution in [1.82, 2.24) is 8.92 Å². The van der Waals surface area contributed by atoms with Crippen molar-refractivity contribution in [3.8, 4) is 0 Å². The van der Waals surface area contributed by atoms with Crippen LogP contribution < -0.4 is 5.32 Å². The summed E-state index contributed by atoms with van der Waals surface area (Å²) in [5.74, 6) is 0. The monoisotopic (exact) mass is 310 g/mol. The van der Waals surface area contributed by atoms with Gasteiger partial charge in [-0.05, 0) is 0 Å². The van der Waals surface area contributed by atoms with E-state index in [2.05, 4.69) is 50.5 Å². The Labute approximate surface area is 108 Å². The first-order valence-corrected chi connectivity index (χ1v) is 12.8. The van der Waals surface area contributed by atoms with E-state index in [-0.39, 0.29) is 11.1 Å². The van der Waals surface area contributed by atoms with Crippen LogP contribution >= 0.6 is 19.3 Å². The van der Waals surface area contributed by atoms with E-state index in [4.69, 9.17) is 19.3 Å². The van der Waals surface area contributed by atoms with Gasteiger partial charge in [-0.1, -0.05) is 0 Å². The summed E-state index contributed by atoms with van der Waals surface area (Å²) >= 11 is -2.22. The molecular weight excluding hydrogens is 289 g/mol. The molecule has 0 spiro atoms. The van der Waals surface area contributed by atoms with Crippen LogP contribution in [0.1, 0.15) is 41.5 Å². The van der Waals surface area contributed by atoms with E-state index in [0.29, 0.717) is 0 Å². The molecule has 1 N–H and O–H groups in total. The molecule has 0 bridgehead atoms. The minimum atomic E-state index is -2.22. The third kappa shape index (κ3) is 7.94. The second kappa shape index (κ2) is 6.17. The van der Waals surface area contributed by atoms with Gasteiger partial charge in [0.2, 0.25) is 0 Å². The molecular formula is C10H23Cl2GaN2. The molecule has 0 amide bonds. The summed E-state index contributed by atoms with van der Waals surface area (Å²) < 4.78 is 2.25. The fraction of sp³-hybridized carbons (Fsp3) is 1.00. The normalized spacial score (nSPS) is 13.4. The summed E-state index contributed by atoms with van der Waals surface area (Å²) in [4.78, 5) is 0. The molecule has 0 unspecified atom stereocenters. The zero-order valence-corrected chi connectivity index (χ0v) is 14.6. The van der Waals surface area contributed by atoms with Crippen LogP contribution in [0.2, 0.25) is 0 Å². The molecule has 0 aromatic rings. The number of nitrogens with one attached hydrogen (secondary N) is 1. The first-order valence-electron chi connectivity index (χ1n) is 5.34. The van der Waals surface area contributed by atoms with Crippen LogP contribution in [0.3, 0.4) is 0 Å². The van der Waals surface area contributed by atoms with Gasteiger partial charge in [0.1, 0.15) is 0 Å². The van der Waals surface area contributed by atoms with Gasteiger partial charge in [0.25, 0.3) is 0 Å². The van der Waals surface area contributed by atoms with Crippen molar-refractivity contribution in [2.45, 2.75) is 52.6 Å². The Morgan fingerprint density at radius 2 is 1.53 bits per heavy atom. The zero-order chi connectivity index (χ0) is 12.3. The van der Waals surface area contributed by atoms with Crippen molar-refractivity contribution in [2.24, 2.45) is 0 Å². The Hall–Kier alpha value is 1.14. The molecule has 0 fully saturated rings. The van der Waals surface area contributed by atoms with Crippen molar-refractivity contribution in [2.75, 3.05) is 13.1 Å². The molecule has 0 saturated heterocycles.